The smallest absolute Gasteiger partial charge is 0.295 e. The van der Waals surface area contributed by atoms with E-state index in [0.29, 0.717) is 11.7 Å². The zero-order valence-electron chi connectivity index (χ0n) is 11.5. The van der Waals surface area contributed by atoms with Crippen molar-refractivity contribution in [3.63, 3.8) is 0 Å². The summed E-state index contributed by atoms with van der Waals surface area (Å²) in [6.45, 7) is 5.16. The molecule has 0 saturated carbocycles. The molecule has 2 heterocycles. The number of nitrogen functional groups attached to an aromatic ring is 1. The van der Waals surface area contributed by atoms with Gasteiger partial charge in [0.1, 0.15) is 5.52 Å². The Kier molecular flexibility index (Phi) is 3.14. The fraction of sp³-hybridized carbons (Fsp3) is 0.267. The first-order valence-electron chi connectivity index (χ1n) is 6.48. The standard InChI is InChI=1S/C15H17N3OS/c1-15(2,13-4-3-7-20-13)9-17-14-18-11-8-10(16)5-6-12(11)19-14/h3-8H,9,16H2,1-2H3,(H,17,18). The maximum Gasteiger partial charge on any atom is 0.295 e. The highest BCUT2D eigenvalue weighted by molar-refractivity contribution is 7.10. The van der Waals surface area contributed by atoms with Crippen molar-refractivity contribution < 1.29 is 4.42 Å². The Morgan fingerprint density at radius 3 is 2.95 bits per heavy atom. The molecule has 0 aliphatic rings. The van der Waals surface area contributed by atoms with E-state index in [1.807, 2.05) is 18.2 Å². The van der Waals surface area contributed by atoms with Gasteiger partial charge >= 0.3 is 0 Å². The number of nitrogens with zero attached hydrogens (tertiary/aromatic N) is 1. The van der Waals surface area contributed by atoms with Crippen molar-refractivity contribution in [3.8, 4) is 0 Å². The van der Waals surface area contributed by atoms with E-state index >= 15 is 0 Å². The molecule has 1 aromatic carbocycles. The molecule has 20 heavy (non-hydrogen) atoms. The second kappa shape index (κ2) is 4.83. The zero-order valence-corrected chi connectivity index (χ0v) is 12.3. The molecule has 2 aromatic heterocycles. The van der Waals surface area contributed by atoms with E-state index in [1.165, 1.54) is 4.88 Å². The summed E-state index contributed by atoms with van der Waals surface area (Å²) in [6.07, 6.45) is 0. The molecule has 104 valence electrons. The minimum absolute atomic E-state index is 0.0356. The summed E-state index contributed by atoms with van der Waals surface area (Å²) >= 11 is 1.76. The number of benzene rings is 1. The monoisotopic (exact) mass is 287 g/mol. The van der Waals surface area contributed by atoms with Crippen molar-refractivity contribution in [2.45, 2.75) is 19.3 Å². The van der Waals surface area contributed by atoms with Gasteiger partial charge in [-0.15, -0.1) is 11.3 Å². The highest BCUT2D eigenvalue weighted by atomic mass is 32.1. The van der Waals surface area contributed by atoms with E-state index < -0.39 is 0 Å². The SMILES string of the molecule is CC(C)(CNc1nc2cc(N)ccc2o1)c1cccs1. The van der Waals surface area contributed by atoms with Gasteiger partial charge in [-0.25, -0.2) is 0 Å². The first-order valence-corrected chi connectivity index (χ1v) is 7.36. The van der Waals surface area contributed by atoms with Crippen LogP contribution in [0.25, 0.3) is 11.1 Å². The molecule has 0 spiro atoms. The van der Waals surface area contributed by atoms with Gasteiger partial charge in [-0.2, -0.15) is 4.98 Å². The Morgan fingerprint density at radius 1 is 1.35 bits per heavy atom. The zero-order chi connectivity index (χ0) is 14.2. The van der Waals surface area contributed by atoms with Crippen LogP contribution in [0.4, 0.5) is 11.7 Å². The van der Waals surface area contributed by atoms with E-state index in [0.717, 1.165) is 17.6 Å². The van der Waals surface area contributed by atoms with Gasteiger partial charge in [-0.3, -0.25) is 0 Å². The van der Waals surface area contributed by atoms with Crippen LogP contribution >= 0.6 is 11.3 Å². The van der Waals surface area contributed by atoms with Gasteiger partial charge in [-0.05, 0) is 29.6 Å². The number of nitrogens with two attached hydrogens (primary N) is 1. The molecule has 0 aliphatic carbocycles. The van der Waals surface area contributed by atoms with Crippen molar-refractivity contribution in [2.24, 2.45) is 0 Å². The molecule has 0 saturated heterocycles. The topological polar surface area (TPSA) is 64.1 Å². The summed E-state index contributed by atoms with van der Waals surface area (Å²) in [5, 5.41) is 5.37. The van der Waals surface area contributed by atoms with Crippen molar-refractivity contribution in [1.29, 1.82) is 0 Å². The highest BCUT2D eigenvalue weighted by Gasteiger charge is 2.22. The van der Waals surface area contributed by atoms with Crippen LogP contribution in [0.5, 0.6) is 0 Å². The second-order valence-corrected chi connectivity index (χ2v) is 6.41. The number of nitrogens with one attached hydrogen (secondary N) is 1. The number of rotatable bonds is 4. The summed E-state index contributed by atoms with van der Waals surface area (Å²) in [7, 11) is 0. The lowest BCUT2D eigenvalue weighted by molar-refractivity contribution is 0.544. The third-order valence-electron chi connectivity index (χ3n) is 3.28. The number of hydrogen-bond acceptors (Lipinski definition) is 5. The largest absolute Gasteiger partial charge is 0.424 e. The van der Waals surface area contributed by atoms with E-state index in [1.54, 1.807) is 11.3 Å². The number of fused-ring (bicyclic) bond motifs is 1. The fourth-order valence-electron chi connectivity index (χ4n) is 2.07. The number of aromatic nitrogens is 1. The van der Waals surface area contributed by atoms with Crippen molar-refractivity contribution >= 4 is 34.1 Å². The lowest BCUT2D eigenvalue weighted by Crippen LogP contribution is -2.26. The van der Waals surface area contributed by atoms with E-state index in [-0.39, 0.29) is 5.41 Å². The molecule has 3 rings (SSSR count). The molecular weight excluding hydrogens is 270 g/mol. The average molecular weight is 287 g/mol. The van der Waals surface area contributed by atoms with Gasteiger partial charge in [0, 0.05) is 22.5 Å². The van der Waals surface area contributed by atoms with Crippen molar-refractivity contribution in [1.82, 2.24) is 4.98 Å². The van der Waals surface area contributed by atoms with Crippen LogP contribution in [0.1, 0.15) is 18.7 Å². The molecule has 3 aromatic rings. The Balaban J connectivity index is 1.77. The molecule has 5 heteroatoms. The lowest BCUT2D eigenvalue weighted by atomic mass is 9.91. The predicted molar refractivity (Wildman–Crippen MR) is 84.3 cm³/mol. The molecule has 0 aliphatic heterocycles. The molecule has 0 bridgehead atoms. The summed E-state index contributed by atoms with van der Waals surface area (Å²) in [4.78, 5) is 5.74. The third-order valence-corrected chi connectivity index (χ3v) is 4.52. The number of oxazole rings is 1. The van der Waals surface area contributed by atoms with Crippen LogP contribution in [-0.2, 0) is 5.41 Å². The normalized spacial score (nSPS) is 11.9. The minimum atomic E-state index is 0.0356. The van der Waals surface area contributed by atoms with Gasteiger partial charge in [0.2, 0.25) is 0 Å². The first-order chi connectivity index (χ1) is 9.54. The molecule has 4 nitrogen and oxygen atoms in total. The lowest BCUT2D eigenvalue weighted by Gasteiger charge is -2.22. The number of anilines is 2. The van der Waals surface area contributed by atoms with Crippen molar-refractivity contribution in [2.75, 3.05) is 17.6 Å². The molecule has 0 radical (unpaired) electrons. The molecule has 0 atom stereocenters. The van der Waals surface area contributed by atoms with Crippen LogP contribution in [0.15, 0.2) is 40.1 Å². The Labute approximate surface area is 121 Å². The third kappa shape index (κ3) is 2.49. The average Bonchev–Trinajstić information content (AvgIpc) is 3.05. The van der Waals surface area contributed by atoms with Gasteiger partial charge < -0.3 is 15.5 Å². The Hall–Kier alpha value is -2.01. The summed E-state index contributed by atoms with van der Waals surface area (Å²) < 4.78 is 5.66. The quantitative estimate of drug-likeness (QED) is 0.715. The Morgan fingerprint density at radius 2 is 2.20 bits per heavy atom. The molecule has 0 amide bonds. The van der Waals surface area contributed by atoms with Gasteiger partial charge in [0.05, 0.1) is 0 Å². The summed E-state index contributed by atoms with van der Waals surface area (Å²) in [6, 6.07) is 10.2. The van der Waals surface area contributed by atoms with Gasteiger partial charge in [0.25, 0.3) is 6.01 Å². The Bertz CT molecular complexity index is 716. The number of hydrogen-bond donors (Lipinski definition) is 2. The summed E-state index contributed by atoms with van der Waals surface area (Å²) in [5.74, 6) is 0. The van der Waals surface area contributed by atoms with Crippen LogP contribution < -0.4 is 11.1 Å². The van der Waals surface area contributed by atoms with Gasteiger partial charge in [0.15, 0.2) is 5.58 Å². The van der Waals surface area contributed by atoms with Gasteiger partial charge in [-0.1, -0.05) is 19.9 Å². The van der Waals surface area contributed by atoms with E-state index in [4.69, 9.17) is 10.2 Å². The second-order valence-electron chi connectivity index (χ2n) is 5.46. The van der Waals surface area contributed by atoms with E-state index in [9.17, 15) is 0 Å². The highest BCUT2D eigenvalue weighted by Crippen LogP contribution is 2.28. The van der Waals surface area contributed by atoms with Crippen molar-refractivity contribution in [3.05, 3.63) is 40.6 Å². The molecular formula is C15H17N3OS. The molecule has 0 unspecified atom stereocenters. The summed E-state index contributed by atoms with van der Waals surface area (Å²) in [5.41, 5.74) is 7.99. The maximum atomic E-state index is 5.74. The van der Waals surface area contributed by atoms with Crippen LogP contribution in [0.2, 0.25) is 0 Å². The molecule has 0 fully saturated rings. The molecule has 3 N–H and O–H groups in total. The van der Waals surface area contributed by atoms with Crippen LogP contribution in [0, 0.1) is 0 Å². The fourth-order valence-corrected chi connectivity index (χ4v) is 2.92. The first kappa shape index (κ1) is 13.0. The van der Waals surface area contributed by atoms with E-state index in [2.05, 4.69) is 41.7 Å². The maximum absolute atomic E-state index is 5.74. The predicted octanol–water partition coefficient (Wildman–Crippen LogP) is 3.86. The minimum Gasteiger partial charge on any atom is -0.424 e. The van der Waals surface area contributed by atoms with Crippen LogP contribution in [0.3, 0.4) is 0 Å². The van der Waals surface area contributed by atoms with Crippen LogP contribution in [-0.4, -0.2) is 11.5 Å². The number of thiophene rings is 1.